The number of nitrogens with zero attached hydrogens (tertiary/aromatic N) is 4. The Morgan fingerprint density at radius 1 is 1.19 bits per heavy atom. The maximum atomic E-state index is 12.9. The lowest BCUT2D eigenvalue weighted by Gasteiger charge is -2.24. The lowest BCUT2D eigenvalue weighted by molar-refractivity contribution is 0.266. The van der Waals surface area contributed by atoms with Crippen LogP contribution in [-0.2, 0) is 15.8 Å². The lowest BCUT2D eigenvalue weighted by atomic mass is 10.2. The Bertz CT molecular complexity index is 1070. The van der Waals surface area contributed by atoms with Gasteiger partial charge >= 0.3 is 0 Å². The highest BCUT2D eigenvalue weighted by Crippen LogP contribution is 2.32. The van der Waals surface area contributed by atoms with Crippen molar-refractivity contribution in [2.75, 3.05) is 18.1 Å². The summed E-state index contributed by atoms with van der Waals surface area (Å²) in [7, 11) is -3.67. The van der Waals surface area contributed by atoms with E-state index in [1.54, 1.807) is 30.3 Å². The van der Waals surface area contributed by atoms with E-state index in [1.807, 2.05) is 11.0 Å². The molecule has 0 spiro atoms. The highest BCUT2D eigenvalue weighted by atomic mass is 35.5. The Balaban J connectivity index is 1.80. The molecular formula is C18H19ClN4O3S. The molecule has 27 heavy (non-hydrogen) atoms. The van der Waals surface area contributed by atoms with Crippen molar-refractivity contribution in [3.05, 3.63) is 53.4 Å². The van der Waals surface area contributed by atoms with Crippen molar-refractivity contribution in [1.29, 1.82) is 0 Å². The first-order chi connectivity index (χ1) is 13.0. The van der Waals surface area contributed by atoms with Crippen LogP contribution in [-0.4, -0.2) is 46.7 Å². The zero-order chi connectivity index (χ0) is 19.0. The average Bonchev–Trinajstić information content (AvgIpc) is 3.28. The van der Waals surface area contributed by atoms with E-state index in [0.29, 0.717) is 16.8 Å². The number of hydrogen-bond donors (Lipinski definition) is 1. The molecule has 0 unspecified atom stereocenters. The number of fused-ring (bicyclic) bond motifs is 1. The summed E-state index contributed by atoms with van der Waals surface area (Å²) in [6, 6.07) is 10.6. The first kappa shape index (κ1) is 18.2. The van der Waals surface area contributed by atoms with Crippen molar-refractivity contribution in [1.82, 2.24) is 13.9 Å². The summed E-state index contributed by atoms with van der Waals surface area (Å²) in [5, 5.41) is 10.2. The van der Waals surface area contributed by atoms with E-state index in [-0.39, 0.29) is 29.3 Å². The van der Waals surface area contributed by atoms with E-state index in [9.17, 15) is 13.5 Å². The molecule has 4 rings (SSSR count). The fourth-order valence-corrected chi connectivity index (χ4v) is 5.11. The number of aliphatic hydroxyl groups excluding tert-OH is 1. The molecule has 1 saturated heterocycles. The smallest absolute Gasteiger partial charge is 0.244 e. The van der Waals surface area contributed by atoms with E-state index in [4.69, 9.17) is 11.6 Å². The molecule has 7 nitrogen and oxygen atoms in total. The number of aliphatic hydroxyl groups is 1. The molecule has 2 aromatic heterocycles. The predicted octanol–water partition coefficient (Wildman–Crippen LogP) is 2.42. The van der Waals surface area contributed by atoms with Crippen molar-refractivity contribution >= 4 is 38.5 Å². The van der Waals surface area contributed by atoms with Gasteiger partial charge in [-0.05, 0) is 36.1 Å². The van der Waals surface area contributed by atoms with E-state index < -0.39 is 10.0 Å². The minimum atomic E-state index is -3.67. The van der Waals surface area contributed by atoms with Gasteiger partial charge in [0.05, 0.1) is 23.8 Å². The number of hydrogen-bond acceptors (Lipinski definition) is 6. The van der Waals surface area contributed by atoms with Gasteiger partial charge in [0, 0.05) is 12.7 Å². The van der Waals surface area contributed by atoms with Gasteiger partial charge in [-0.2, -0.15) is 9.97 Å². The monoisotopic (exact) mass is 406 g/mol. The largest absolute Gasteiger partial charge is 0.394 e. The summed E-state index contributed by atoms with van der Waals surface area (Å²) in [5.74, 6) is 0.424. The van der Waals surface area contributed by atoms with Crippen LogP contribution in [0.1, 0.15) is 18.4 Å². The second kappa shape index (κ2) is 7.10. The van der Waals surface area contributed by atoms with Crippen LogP contribution < -0.4 is 4.90 Å². The van der Waals surface area contributed by atoms with Gasteiger partial charge in [-0.1, -0.05) is 30.3 Å². The predicted molar refractivity (Wildman–Crippen MR) is 104 cm³/mol. The lowest BCUT2D eigenvalue weighted by Crippen LogP contribution is -2.33. The molecule has 9 heteroatoms. The first-order valence-corrected chi connectivity index (χ1v) is 10.7. The summed E-state index contributed by atoms with van der Waals surface area (Å²) >= 11 is 6.11. The fraction of sp³-hybridized carbons (Fsp3) is 0.333. The van der Waals surface area contributed by atoms with Crippen LogP contribution in [0.2, 0.25) is 5.28 Å². The highest BCUT2D eigenvalue weighted by molar-refractivity contribution is 7.89. The molecule has 1 atom stereocenters. The second-order valence-electron chi connectivity index (χ2n) is 6.58. The number of aromatic nitrogens is 3. The fourth-order valence-electron chi connectivity index (χ4n) is 3.55. The molecule has 0 aliphatic carbocycles. The number of halogens is 1. The van der Waals surface area contributed by atoms with Crippen molar-refractivity contribution in [2.45, 2.75) is 24.6 Å². The maximum absolute atomic E-state index is 12.9. The topological polar surface area (TPSA) is 88.3 Å². The number of rotatable bonds is 5. The molecule has 0 radical (unpaired) electrons. The minimum Gasteiger partial charge on any atom is -0.394 e. The summed E-state index contributed by atoms with van der Waals surface area (Å²) < 4.78 is 27.1. The van der Waals surface area contributed by atoms with Crippen LogP contribution >= 0.6 is 11.6 Å². The molecule has 1 aliphatic rings. The molecule has 1 aromatic carbocycles. The SMILES string of the molecule is O=S(=O)(Cc1ccccc1)n1ccc2c(N3CCC[C@@H]3CO)nc(Cl)nc21. The first-order valence-electron chi connectivity index (χ1n) is 8.69. The second-order valence-corrected chi connectivity index (χ2v) is 8.76. The van der Waals surface area contributed by atoms with E-state index in [2.05, 4.69) is 9.97 Å². The van der Waals surface area contributed by atoms with Gasteiger partial charge in [0.25, 0.3) is 0 Å². The zero-order valence-corrected chi connectivity index (χ0v) is 16.1. The Hall–Kier alpha value is -2.16. The summed E-state index contributed by atoms with van der Waals surface area (Å²) in [6.07, 6.45) is 3.27. The third-order valence-corrected chi connectivity index (χ3v) is 6.58. The zero-order valence-electron chi connectivity index (χ0n) is 14.5. The van der Waals surface area contributed by atoms with Crippen LogP contribution in [0.5, 0.6) is 0 Å². The van der Waals surface area contributed by atoms with Gasteiger partial charge in [0.2, 0.25) is 15.3 Å². The average molecular weight is 407 g/mol. The molecule has 142 valence electrons. The van der Waals surface area contributed by atoms with E-state index in [0.717, 1.165) is 23.4 Å². The van der Waals surface area contributed by atoms with Gasteiger partial charge in [0.15, 0.2) is 5.65 Å². The van der Waals surface area contributed by atoms with E-state index in [1.165, 1.54) is 6.20 Å². The Labute approximate surface area is 162 Å². The Kier molecular flexibility index (Phi) is 4.79. The van der Waals surface area contributed by atoms with Crippen LogP contribution in [0.3, 0.4) is 0 Å². The molecule has 3 aromatic rings. The third kappa shape index (κ3) is 3.40. The maximum Gasteiger partial charge on any atom is 0.244 e. The van der Waals surface area contributed by atoms with Gasteiger partial charge in [-0.25, -0.2) is 12.4 Å². The van der Waals surface area contributed by atoms with Gasteiger partial charge in [0.1, 0.15) is 5.82 Å². The standard InChI is InChI=1S/C18H19ClN4O3S/c19-18-20-16(22-9-4-7-14(22)11-24)15-8-10-23(17(15)21-18)27(25,26)12-13-5-2-1-3-6-13/h1-3,5-6,8,10,14,24H,4,7,9,11-12H2/t14-/m1/s1. The van der Waals surface area contributed by atoms with E-state index >= 15 is 0 Å². The van der Waals surface area contributed by atoms with Crippen molar-refractivity contribution in [3.63, 3.8) is 0 Å². The third-order valence-electron chi connectivity index (χ3n) is 4.81. The molecule has 0 saturated carbocycles. The van der Waals surface area contributed by atoms with Crippen molar-refractivity contribution < 1.29 is 13.5 Å². The molecule has 1 fully saturated rings. The molecular weight excluding hydrogens is 388 g/mol. The summed E-state index contributed by atoms with van der Waals surface area (Å²) in [6.45, 7) is 0.742. The molecule has 1 aliphatic heterocycles. The summed E-state index contributed by atoms with van der Waals surface area (Å²) in [5.41, 5.74) is 0.948. The van der Waals surface area contributed by atoms with Gasteiger partial charge in [-0.3, -0.25) is 0 Å². The minimum absolute atomic E-state index is 0.0100. The normalized spacial score (nSPS) is 17.7. The Morgan fingerprint density at radius 3 is 2.70 bits per heavy atom. The van der Waals surface area contributed by atoms with Gasteiger partial charge < -0.3 is 10.0 Å². The van der Waals surface area contributed by atoms with Crippen molar-refractivity contribution in [2.24, 2.45) is 0 Å². The molecule has 0 amide bonds. The highest BCUT2D eigenvalue weighted by Gasteiger charge is 2.29. The van der Waals surface area contributed by atoms with Crippen LogP contribution in [0.4, 0.5) is 5.82 Å². The quantitative estimate of drug-likeness (QED) is 0.654. The molecule has 1 N–H and O–H groups in total. The van der Waals surface area contributed by atoms with Crippen molar-refractivity contribution in [3.8, 4) is 0 Å². The number of benzene rings is 1. The van der Waals surface area contributed by atoms with Crippen LogP contribution in [0.25, 0.3) is 11.0 Å². The number of anilines is 1. The Morgan fingerprint density at radius 2 is 1.96 bits per heavy atom. The molecule has 3 heterocycles. The van der Waals surface area contributed by atoms with Gasteiger partial charge in [-0.15, -0.1) is 0 Å². The summed E-state index contributed by atoms with van der Waals surface area (Å²) in [4.78, 5) is 10.5. The van der Waals surface area contributed by atoms with Crippen LogP contribution in [0.15, 0.2) is 42.6 Å². The molecule has 0 bridgehead atoms. The van der Waals surface area contributed by atoms with Crippen LogP contribution in [0, 0.1) is 0 Å².